The zero-order chi connectivity index (χ0) is 16.1. The molecule has 114 valence electrons. The molecular formula is C17H15BrO4. The lowest BCUT2D eigenvalue weighted by Crippen LogP contribution is -2.14. The monoisotopic (exact) mass is 362 g/mol. The lowest BCUT2D eigenvalue weighted by Gasteiger charge is -2.14. The number of hydrogen-bond donors (Lipinski definition) is 0. The molecule has 0 saturated carbocycles. The van der Waals surface area contributed by atoms with Gasteiger partial charge in [-0.25, -0.2) is 4.79 Å². The van der Waals surface area contributed by atoms with Crippen LogP contribution in [0.5, 0.6) is 11.5 Å². The normalized spacial score (nSPS) is 10.4. The number of rotatable bonds is 5. The Morgan fingerprint density at radius 2 is 1.95 bits per heavy atom. The van der Waals surface area contributed by atoms with Gasteiger partial charge in [0.2, 0.25) is 0 Å². The number of ether oxygens (including phenoxy) is 2. The summed E-state index contributed by atoms with van der Waals surface area (Å²) in [5.74, 6) is 0.222. The molecule has 0 amide bonds. The summed E-state index contributed by atoms with van der Waals surface area (Å²) in [6.45, 7) is 3.76. The molecule has 0 saturated heterocycles. The van der Waals surface area contributed by atoms with E-state index in [9.17, 15) is 9.59 Å². The Labute approximate surface area is 137 Å². The maximum atomic E-state index is 12.4. The maximum Gasteiger partial charge on any atom is 0.347 e. The van der Waals surface area contributed by atoms with Crippen LogP contribution < -0.4 is 9.47 Å². The molecule has 0 aliphatic heterocycles. The second-order valence-electron chi connectivity index (χ2n) is 4.89. The third kappa shape index (κ3) is 4.18. The molecule has 2 aromatic carbocycles. The second-order valence-corrected chi connectivity index (χ2v) is 5.80. The van der Waals surface area contributed by atoms with Crippen molar-refractivity contribution in [2.75, 3.05) is 0 Å². The van der Waals surface area contributed by atoms with Crippen LogP contribution in [0.3, 0.4) is 0 Å². The first-order chi connectivity index (χ1) is 10.5. The molecule has 5 heteroatoms. The minimum absolute atomic E-state index is 0.0638. The number of esters is 1. The Kier molecular flexibility index (Phi) is 5.33. The fraction of sp³-hybridized carbons (Fsp3) is 0.176. The molecule has 0 aliphatic rings. The first-order valence-electron chi connectivity index (χ1n) is 6.73. The zero-order valence-corrected chi connectivity index (χ0v) is 13.8. The van der Waals surface area contributed by atoms with Crippen LogP contribution in [0, 0.1) is 0 Å². The van der Waals surface area contributed by atoms with E-state index in [1.165, 1.54) is 6.07 Å². The van der Waals surface area contributed by atoms with Gasteiger partial charge in [0.15, 0.2) is 0 Å². The molecule has 0 unspecified atom stereocenters. The quantitative estimate of drug-likeness (QED) is 0.452. The second kappa shape index (κ2) is 7.22. The Morgan fingerprint density at radius 1 is 1.18 bits per heavy atom. The molecule has 0 bridgehead atoms. The highest BCUT2D eigenvalue weighted by molar-refractivity contribution is 9.10. The number of aldehydes is 1. The van der Waals surface area contributed by atoms with Crippen molar-refractivity contribution in [2.24, 2.45) is 0 Å². The first-order valence-corrected chi connectivity index (χ1v) is 7.52. The first kappa shape index (κ1) is 16.2. The van der Waals surface area contributed by atoms with Gasteiger partial charge in [0.1, 0.15) is 23.3 Å². The van der Waals surface area contributed by atoms with Crippen molar-refractivity contribution in [3.63, 3.8) is 0 Å². The van der Waals surface area contributed by atoms with E-state index in [-0.39, 0.29) is 6.10 Å². The summed E-state index contributed by atoms with van der Waals surface area (Å²) in [7, 11) is 0. The lowest BCUT2D eigenvalue weighted by atomic mass is 10.2. The van der Waals surface area contributed by atoms with E-state index in [1.807, 2.05) is 13.8 Å². The van der Waals surface area contributed by atoms with Crippen LogP contribution >= 0.6 is 15.9 Å². The molecule has 4 nitrogen and oxygen atoms in total. The van der Waals surface area contributed by atoms with Gasteiger partial charge in [0, 0.05) is 10.0 Å². The fourth-order valence-corrected chi connectivity index (χ4v) is 2.19. The SMILES string of the molecule is CC(C)Oc1ccc(Br)cc1C(=O)Oc1cccc(C=O)c1. The highest BCUT2D eigenvalue weighted by atomic mass is 79.9. The van der Waals surface area contributed by atoms with Gasteiger partial charge in [-0.3, -0.25) is 4.79 Å². The summed E-state index contributed by atoms with van der Waals surface area (Å²) in [5, 5.41) is 0. The number of hydrogen-bond acceptors (Lipinski definition) is 4. The number of benzene rings is 2. The van der Waals surface area contributed by atoms with E-state index in [0.717, 1.165) is 4.47 Å². The number of carbonyl (C=O) groups is 2. The van der Waals surface area contributed by atoms with Crippen LogP contribution in [-0.2, 0) is 0 Å². The summed E-state index contributed by atoms with van der Waals surface area (Å²) in [6.07, 6.45) is 0.634. The van der Waals surface area contributed by atoms with E-state index >= 15 is 0 Å². The minimum Gasteiger partial charge on any atom is -0.490 e. The Morgan fingerprint density at radius 3 is 2.64 bits per heavy atom. The van der Waals surface area contributed by atoms with Crippen LogP contribution in [0.2, 0.25) is 0 Å². The van der Waals surface area contributed by atoms with E-state index in [4.69, 9.17) is 9.47 Å². The molecule has 22 heavy (non-hydrogen) atoms. The molecule has 0 radical (unpaired) electrons. The number of carbonyl (C=O) groups excluding carboxylic acids is 2. The zero-order valence-electron chi connectivity index (χ0n) is 12.2. The third-order valence-electron chi connectivity index (χ3n) is 2.73. The molecule has 2 rings (SSSR count). The van der Waals surface area contributed by atoms with Crippen LogP contribution in [0.15, 0.2) is 46.9 Å². The summed E-state index contributed by atoms with van der Waals surface area (Å²) in [6, 6.07) is 11.6. The van der Waals surface area contributed by atoms with Crippen LogP contribution in [0.25, 0.3) is 0 Å². The fourth-order valence-electron chi connectivity index (χ4n) is 1.83. The summed E-state index contributed by atoms with van der Waals surface area (Å²) in [4.78, 5) is 23.1. The van der Waals surface area contributed by atoms with Gasteiger partial charge in [0.25, 0.3) is 0 Å². The summed E-state index contributed by atoms with van der Waals surface area (Å²) in [5.41, 5.74) is 0.762. The molecule has 2 aromatic rings. The van der Waals surface area contributed by atoms with Crippen molar-refractivity contribution >= 4 is 28.2 Å². The third-order valence-corrected chi connectivity index (χ3v) is 3.22. The van der Waals surface area contributed by atoms with E-state index in [1.54, 1.807) is 36.4 Å². The molecular weight excluding hydrogens is 348 g/mol. The Bertz CT molecular complexity index is 695. The average Bonchev–Trinajstić information content (AvgIpc) is 2.48. The largest absolute Gasteiger partial charge is 0.490 e. The van der Waals surface area contributed by atoms with Crippen LogP contribution in [-0.4, -0.2) is 18.4 Å². The topological polar surface area (TPSA) is 52.6 Å². The van der Waals surface area contributed by atoms with Crippen molar-refractivity contribution in [1.82, 2.24) is 0 Å². The average molecular weight is 363 g/mol. The molecule has 0 fully saturated rings. The lowest BCUT2D eigenvalue weighted by molar-refractivity contribution is 0.0727. The van der Waals surface area contributed by atoms with Gasteiger partial charge in [-0.2, -0.15) is 0 Å². The van der Waals surface area contributed by atoms with Crippen molar-refractivity contribution < 1.29 is 19.1 Å². The predicted octanol–water partition coefficient (Wildman–Crippen LogP) is 4.27. The standard InChI is InChI=1S/C17H15BrO4/c1-11(2)21-16-7-6-13(18)9-15(16)17(20)22-14-5-3-4-12(8-14)10-19/h3-11H,1-2H3. The van der Waals surface area contributed by atoms with E-state index in [0.29, 0.717) is 28.9 Å². The van der Waals surface area contributed by atoms with Crippen molar-refractivity contribution in [1.29, 1.82) is 0 Å². The van der Waals surface area contributed by atoms with E-state index in [2.05, 4.69) is 15.9 Å². The van der Waals surface area contributed by atoms with Crippen molar-refractivity contribution in [3.05, 3.63) is 58.1 Å². The van der Waals surface area contributed by atoms with Crippen molar-refractivity contribution in [3.8, 4) is 11.5 Å². The Balaban J connectivity index is 2.28. The molecule has 0 spiro atoms. The minimum atomic E-state index is -0.542. The van der Waals surface area contributed by atoms with Crippen LogP contribution in [0.4, 0.5) is 0 Å². The van der Waals surface area contributed by atoms with Gasteiger partial charge < -0.3 is 9.47 Å². The molecule has 0 atom stereocenters. The van der Waals surface area contributed by atoms with E-state index < -0.39 is 5.97 Å². The van der Waals surface area contributed by atoms with Gasteiger partial charge in [-0.1, -0.05) is 28.1 Å². The van der Waals surface area contributed by atoms with Gasteiger partial charge >= 0.3 is 5.97 Å². The maximum absolute atomic E-state index is 12.4. The summed E-state index contributed by atoms with van der Waals surface area (Å²) < 4.78 is 11.7. The van der Waals surface area contributed by atoms with Gasteiger partial charge in [0.05, 0.1) is 6.10 Å². The van der Waals surface area contributed by atoms with Gasteiger partial charge in [-0.15, -0.1) is 0 Å². The van der Waals surface area contributed by atoms with Crippen molar-refractivity contribution in [2.45, 2.75) is 20.0 Å². The highest BCUT2D eigenvalue weighted by Crippen LogP contribution is 2.26. The Hall–Kier alpha value is -2.14. The highest BCUT2D eigenvalue weighted by Gasteiger charge is 2.17. The molecule has 0 aliphatic carbocycles. The summed E-state index contributed by atoms with van der Waals surface area (Å²) >= 11 is 3.33. The molecule has 0 N–H and O–H groups in total. The predicted molar refractivity (Wildman–Crippen MR) is 86.7 cm³/mol. The smallest absolute Gasteiger partial charge is 0.347 e. The van der Waals surface area contributed by atoms with Gasteiger partial charge in [-0.05, 0) is 44.2 Å². The van der Waals surface area contributed by atoms with Crippen LogP contribution in [0.1, 0.15) is 34.6 Å². The molecule has 0 heterocycles. The molecule has 0 aromatic heterocycles. The number of halogens is 1.